The maximum Gasteiger partial charge on any atom is 0.573 e. The number of hydrogen-bond acceptors (Lipinski definition) is 3. The highest BCUT2D eigenvalue weighted by molar-refractivity contribution is 5.86. The fraction of sp³-hybridized carbons (Fsp3) is 0.467. The topological polar surface area (TPSA) is 93.5 Å². The molecule has 0 radical (unpaired) electrons. The highest BCUT2D eigenvalue weighted by Gasteiger charge is 2.32. The number of para-hydroxylation sites is 1. The molecule has 0 heterocycles. The van der Waals surface area contributed by atoms with Crippen LogP contribution in [0.1, 0.15) is 25.8 Å². The minimum atomic E-state index is -4.83. The van der Waals surface area contributed by atoms with E-state index in [-0.39, 0.29) is 18.0 Å². The summed E-state index contributed by atoms with van der Waals surface area (Å²) in [5.41, 5.74) is 5.21. The number of hydrogen-bond donors (Lipinski definition) is 3. The van der Waals surface area contributed by atoms with Gasteiger partial charge in [-0.2, -0.15) is 0 Å². The van der Waals surface area contributed by atoms with Gasteiger partial charge in [-0.3, -0.25) is 4.79 Å². The van der Waals surface area contributed by atoms with Gasteiger partial charge in [0.15, 0.2) is 0 Å². The summed E-state index contributed by atoms with van der Waals surface area (Å²) in [4.78, 5) is 23.2. The van der Waals surface area contributed by atoms with Crippen molar-refractivity contribution in [1.82, 2.24) is 10.6 Å². The Morgan fingerprint density at radius 1 is 1.29 bits per heavy atom. The number of rotatable bonds is 7. The van der Waals surface area contributed by atoms with Gasteiger partial charge in [-0.15, -0.1) is 13.2 Å². The number of halogens is 3. The molecule has 0 fully saturated rings. The number of alkyl halides is 3. The molecule has 0 aliphatic carbocycles. The second-order valence-corrected chi connectivity index (χ2v) is 5.25. The Morgan fingerprint density at radius 2 is 1.92 bits per heavy atom. The van der Waals surface area contributed by atoms with Crippen LogP contribution in [0.5, 0.6) is 5.75 Å². The molecule has 0 bridgehead atoms. The van der Waals surface area contributed by atoms with Crippen LogP contribution < -0.4 is 21.1 Å². The highest BCUT2D eigenvalue weighted by atomic mass is 19.4. The normalized spacial score (nSPS) is 13.7. The van der Waals surface area contributed by atoms with Crippen LogP contribution in [0.2, 0.25) is 0 Å². The minimum absolute atomic E-state index is 0.158. The number of ether oxygens (including phenoxy) is 1. The van der Waals surface area contributed by atoms with Crippen molar-refractivity contribution in [1.29, 1.82) is 0 Å². The fourth-order valence-corrected chi connectivity index (χ4v) is 2.02. The van der Waals surface area contributed by atoms with Crippen LogP contribution in [0.25, 0.3) is 0 Å². The largest absolute Gasteiger partial charge is 0.573 e. The van der Waals surface area contributed by atoms with E-state index in [1.165, 1.54) is 18.2 Å². The zero-order valence-electron chi connectivity index (χ0n) is 13.3. The number of amides is 3. The Morgan fingerprint density at radius 3 is 2.46 bits per heavy atom. The van der Waals surface area contributed by atoms with Gasteiger partial charge < -0.3 is 21.1 Å². The quantitative estimate of drug-likeness (QED) is 0.706. The van der Waals surface area contributed by atoms with Gasteiger partial charge in [0.05, 0.1) is 0 Å². The fourth-order valence-electron chi connectivity index (χ4n) is 2.02. The summed E-state index contributed by atoms with van der Waals surface area (Å²) in [6, 6.07) is 3.75. The van der Waals surface area contributed by atoms with Crippen molar-refractivity contribution in [2.24, 2.45) is 11.7 Å². The summed E-state index contributed by atoms with van der Waals surface area (Å²) in [6.07, 6.45) is -4.22. The summed E-state index contributed by atoms with van der Waals surface area (Å²) in [7, 11) is 0. The Bertz CT molecular complexity index is 579. The maximum absolute atomic E-state index is 12.4. The first-order valence-electron chi connectivity index (χ1n) is 7.31. The van der Waals surface area contributed by atoms with E-state index in [1.807, 2.05) is 6.92 Å². The second-order valence-electron chi connectivity index (χ2n) is 5.25. The Labute approximate surface area is 137 Å². The van der Waals surface area contributed by atoms with Crippen molar-refractivity contribution in [2.45, 2.75) is 39.2 Å². The molecule has 3 amide bonds. The first kappa shape index (κ1) is 19.6. The second kappa shape index (κ2) is 8.42. The van der Waals surface area contributed by atoms with Crippen LogP contribution in [0.15, 0.2) is 24.3 Å². The Balaban J connectivity index is 2.80. The molecular weight excluding hydrogens is 327 g/mol. The number of urea groups is 1. The molecule has 0 aliphatic heterocycles. The standard InChI is InChI=1S/C15H20F3N3O3/c1-3-9(2)12(21-14(19)23)13(22)20-8-10-6-4-5-7-11(10)24-15(16,17)18/h4-7,9,12H,3,8H2,1-2H3,(H,20,22)(H3,19,21,23). The van der Waals surface area contributed by atoms with Gasteiger partial charge in [0, 0.05) is 12.1 Å². The van der Waals surface area contributed by atoms with Crippen molar-refractivity contribution in [3.05, 3.63) is 29.8 Å². The first-order chi connectivity index (χ1) is 11.1. The van der Waals surface area contributed by atoms with Crippen molar-refractivity contribution in [3.8, 4) is 5.75 Å². The summed E-state index contributed by atoms with van der Waals surface area (Å²) >= 11 is 0. The van der Waals surface area contributed by atoms with Crippen molar-refractivity contribution < 1.29 is 27.5 Å². The van der Waals surface area contributed by atoms with E-state index < -0.39 is 30.1 Å². The van der Waals surface area contributed by atoms with Crippen molar-refractivity contribution in [3.63, 3.8) is 0 Å². The molecule has 0 aliphatic rings. The lowest BCUT2D eigenvalue weighted by atomic mass is 9.98. The zero-order chi connectivity index (χ0) is 18.3. The lowest BCUT2D eigenvalue weighted by molar-refractivity contribution is -0.274. The van der Waals surface area contributed by atoms with Gasteiger partial charge in [-0.05, 0) is 12.0 Å². The summed E-state index contributed by atoms with van der Waals surface area (Å²) in [6.45, 7) is 3.40. The lowest BCUT2D eigenvalue weighted by Crippen LogP contribution is -2.51. The Hall–Kier alpha value is -2.45. The molecule has 134 valence electrons. The van der Waals surface area contributed by atoms with Gasteiger partial charge in [0.25, 0.3) is 0 Å². The predicted molar refractivity (Wildman–Crippen MR) is 80.9 cm³/mol. The summed E-state index contributed by atoms with van der Waals surface area (Å²) in [5, 5.41) is 4.82. The molecular formula is C15H20F3N3O3. The van der Waals surface area contributed by atoms with Crippen LogP contribution in [0.4, 0.5) is 18.0 Å². The Kier molecular flexibility index (Phi) is 6.87. The number of nitrogens with one attached hydrogen (secondary N) is 2. The van der Waals surface area contributed by atoms with Gasteiger partial charge >= 0.3 is 12.4 Å². The van der Waals surface area contributed by atoms with Gasteiger partial charge in [0.1, 0.15) is 11.8 Å². The minimum Gasteiger partial charge on any atom is -0.405 e. The molecule has 2 unspecified atom stereocenters. The monoisotopic (exact) mass is 347 g/mol. The van der Waals surface area contributed by atoms with E-state index >= 15 is 0 Å². The number of carbonyl (C=O) groups is 2. The molecule has 0 saturated heterocycles. The summed E-state index contributed by atoms with van der Waals surface area (Å²) in [5.74, 6) is -1.13. The molecule has 0 aromatic heterocycles. The average molecular weight is 347 g/mol. The molecule has 1 aromatic rings. The third-order valence-electron chi connectivity index (χ3n) is 3.44. The van der Waals surface area contributed by atoms with E-state index in [4.69, 9.17) is 5.73 Å². The first-order valence-corrected chi connectivity index (χ1v) is 7.31. The molecule has 24 heavy (non-hydrogen) atoms. The smallest absolute Gasteiger partial charge is 0.405 e. The maximum atomic E-state index is 12.4. The lowest BCUT2D eigenvalue weighted by Gasteiger charge is -2.23. The van der Waals surface area contributed by atoms with Crippen LogP contribution in [0, 0.1) is 5.92 Å². The van der Waals surface area contributed by atoms with Gasteiger partial charge in [-0.1, -0.05) is 38.5 Å². The molecule has 1 rings (SSSR count). The van der Waals surface area contributed by atoms with E-state index in [0.717, 1.165) is 6.07 Å². The van der Waals surface area contributed by atoms with Crippen molar-refractivity contribution >= 4 is 11.9 Å². The van der Waals surface area contributed by atoms with Crippen LogP contribution in [0.3, 0.4) is 0 Å². The predicted octanol–water partition coefficient (Wildman–Crippen LogP) is 2.28. The number of benzene rings is 1. The van der Waals surface area contributed by atoms with E-state index in [9.17, 15) is 22.8 Å². The molecule has 0 spiro atoms. The van der Waals surface area contributed by atoms with E-state index in [2.05, 4.69) is 15.4 Å². The molecule has 1 aromatic carbocycles. The highest BCUT2D eigenvalue weighted by Crippen LogP contribution is 2.26. The molecule has 4 N–H and O–H groups in total. The SMILES string of the molecule is CCC(C)C(NC(N)=O)C(=O)NCc1ccccc1OC(F)(F)F. The average Bonchev–Trinajstić information content (AvgIpc) is 2.49. The third kappa shape index (κ3) is 6.35. The molecule has 0 saturated carbocycles. The van der Waals surface area contributed by atoms with Gasteiger partial charge in [-0.25, -0.2) is 4.79 Å². The van der Waals surface area contributed by atoms with Gasteiger partial charge in [0.2, 0.25) is 5.91 Å². The molecule has 2 atom stereocenters. The zero-order valence-corrected chi connectivity index (χ0v) is 13.3. The van der Waals surface area contributed by atoms with Crippen LogP contribution in [-0.4, -0.2) is 24.3 Å². The van der Waals surface area contributed by atoms with E-state index in [0.29, 0.717) is 6.42 Å². The van der Waals surface area contributed by atoms with Crippen LogP contribution >= 0.6 is 0 Å². The third-order valence-corrected chi connectivity index (χ3v) is 3.44. The van der Waals surface area contributed by atoms with Crippen molar-refractivity contribution in [2.75, 3.05) is 0 Å². The number of primary amides is 1. The molecule has 9 heteroatoms. The van der Waals surface area contributed by atoms with E-state index in [1.54, 1.807) is 6.92 Å². The molecule has 6 nitrogen and oxygen atoms in total. The number of nitrogens with two attached hydrogens (primary N) is 1. The summed E-state index contributed by atoms with van der Waals surface area (Å²) < 4.78 is 41.0. The number of carbonyl (C=O) groups excluding carboxylic acids is 2. The van der Waals surface area contributed by atoms with Crippen LogP contribution in [-0.2, 0) is 11.3 Å².